The molecule has 2 aromatic carbocycles. The van der Waals surface area contributed by atoms with Crippen LogP contribution in [0.3, 0.4) is 0 Å². The van der Waals surface area contributed by atoms with Crippen molar-refractivity contribution in [1.29, 1.82) is 0 Å². The summed E-state index contributed by atoms with van der Waals surface area (Å²) in [6.45, 7) is 9.14. The van der Waals surface area contributed by atoms with Gasteiger partial charge in [-0.15, -0.1) is 0 Å². The lowest BCUT2D eigenvalue weighted by molar-refractivity contribution is -0.118. The fraction of sp³-hybridized carbons (Fsp3) is 0.385. The highest BCUT2D eigenvalue weighted by Gasteiger charge is 2.26. The van der Waals surface area contributed by atoms with E-state index in [1.807, 2.05) is 43.3 Å². The van der Waals surface area contributed by atoms with Crippen LogP contribution >= 0.6 is 0 Å². The van der Waals surface area contributed by atoms with Crippen molar-refractivity contribution in [3.8, 4) is 5.75 Å². The summed E-state index contributed by atoms with van der Waals surface area (Å²) in [5, 5.41) is 9.07. The third-order valence-corrected chi connectivity index (χ3v) is 5.73. The van der Waals surface area contributed by atoms with Crippen molar-refractivity contribution in [2.45, 2.75) is 45.1 Å². The normalized spacial score (nSPS) is 17.4. The van der Waals surface area contributed by atoms with Gasteiger partial charge in [0.15, 0.2) is 0 Å². The maximum atomic E-state index is 12.2. The minimum atomic E-state index is -0.126. The zero-order valence-electron chi connectivity index (χ0n) is 18.9. The molecule has 0 spiro atoms. The van der Waals surface area contributed by atoms with E-state index in [2.05, 4.69) is 34.7 Å². The van der Waals surface area contributed by atoms with Gasteiger partial charge >= 0.3 is 0 Å². The summed E-state index contributed by atoms with van der Waals surface area (Å²) in [6, 6.07) is 16.2. The van der Waals surface area contributed by atoms with Crippen LogP contribution in [0, 0.1) is 0 Å². The maximum absolute atomic E-state index is 12.2. The first kappa shape index (κ1) is 23.4. The molecule has 0 aliphatic heterocycles. The third kappa shape index (κ3) is 6.61. The van der Waals surface area contributed by atoms with Crippen LogP contribution in [0.4, 0.5) is 0 Å². The van der Waals surface area contributed by atoms with E-state index < -0.39 is 0 Å². The number of hydrogen-bond acceptors (Lipinski definition) is 4. The Balaban J connectivity index is 1.49. The highest BCUT2D eigenvalue weighted by molar-refractivity contribution is 5.94. The van der Waals surface area contributed by atoms with Gasteiger partial charge in [0.25, 0.3) is 5.91 Å². The van der Waals surface area contributed by atoms with Crippen LogP contribution in [-0.2, 0) is 4.79 Å². The third-order valence-electron chi connectivity index (χ3n) is 5.73. The van der Waals surface area contributed by atoms with Gasteiger partial charge in [-0.1, -0.05) is 30.8 Å². The van der Waals surface area contributed by atoms with Gasteiger partial charge < -0.3 is 20.7 Å². The van der Waals surface area contributed by atoms with Crippen molar-refractivity contribution in [2.75, 3.05) is 19.7 Å². The molecule has 0 bridgehead atoms. The Morgan fingerprint density at radius 3 is 2.50 bits per heavy atom. The van der Waals surface area contributed by atoms with E-state index in [1.54, 1.807) is 0 Å². The Bertz CT molecular complexity index is 940. The molecule has 0 unspecified atom stereocenters. The largest absolute Gasteiger partial charge is 0.494 e. The van der Waals surface area contributed by atoms with Crippen molar-refractivity contribution in [3.63, 3.8) is 0 Å². The van der Waals surface area contributed by atoms with E-state index in [0.717, 1.165) is 36.3 Å². The monoisotopic (exact) mass is 435 g/mol. The van der Waals surface area contributed by atoms with Gasteiger partial charge in [0.05, 0.1) is 6.61 Å². The summed E-state index contributed by atoms with van der Waals surface area (Å²) in [4.78, 5) is 23.1. The van der Waals surface area contributed by atoms with Crippen LogP contribution in [0.1, 0.15) is 60.5 Å². The number of ether oxygens (including phenoxy) is 1. The van der Waals surface area contributed by atoms with Gasteiger partial charge in [0, 0.05) is 42.9 Å². The predicted molar refractivity (Wildman–Crippen MR) is 128 cm³/mol. The summed E-state index contributed by atoms with van der Waals surface area (Å²) in [6.07, 6.45) is 3.22. The number of hydrogen-bond donors (Lipinski definition) is 3. The minimum absolute atomic E-state index is 0.101. The highest BCUT2D eigenvalue weighted by atomic mass is 16.5. The number of nitrogens with one attached hydrogen (secondary N) is 3. The molecule has 3 rings (SSSR count). The van der Waals surface area contributed by atoms with Crippen molar-refractivity contribution in [2.24, 2.45) is 0 Å². The molecule has 1 aliphatic carbocycles. The molecule has 2 aromatic rings. The molecule has 2 atom stereocenters. The van der Waals surface area contributed by atoms with Crippen LogP contribution < -0.4 is 20.7 Å². The van der Waals surface area contributed by atoms with Gasteiger partial charge in [-0.3, -0.25) is 9.59 Å². The van der Waals surface area contributed by atoms with Crippen LogP contribution in [0.25, 0.3) is 5.70 Å². The fourth-order valence-corrected chi connectivity index (χ4v) is 4.11. The number of amides is 2. The molecule has 0 saturated heterocycles. The van der Waals surface area contributed by atoms with E-state index in [0.29, 0.717) is 37.2 Å². The van der Waals surface area contributed by atoms with Crippen LogP contribution in [0.2, 0.25) is 0 Å². The topological polar surface area (TPSA) is 79.5 Å². The SMILES string of the molecule is C=C(N[C@H]1CC[C@@H](c2ccc(C(=O)NCCNC(C)=O)cc2)C1)c1cccc(OCC)c1. The lowest BCUT2D eigenvalue weighted by Gasteiger charge is -2.18. The Morgan fingerprint density at radius 1 is 1.03 bits per heavy atom. The first-order valence-electron chi connectivity index (χ1n) is 11.3. The zero-order chi connectivity index (χ0) is 22.9. The van der Waals surface area contributed by atoms with Crippen molar-refractivity contribution < 1.29 is 14.3 Å². The van der Waals surface area contributed by atoms with Crippen LogP contribution in [-0.4, -0.2) is 37.6 Å². The molecule has 0 heterocycles. The second-order valence-corrected chi connectivity index (χ2v) is 8.15. The molecule has 3 N–H and O–H groups in total. The van der Waals surface area contributed by atoms with Gasteiger partial charge in [-0.2, -0.15) is 0 Å². The van der Waals surface area contributed by atoms with Gasteiger partial charge in [-0.25, -0.2) is 0 Å². The van der Waals surface area contributed by atoms with E-state index in [-0.39, 0.29) is 11.8 Å². The highest BCUT2D eigenvalue weighted by Crippen LogP contribution is 2.35. The number of carbonyl (C=O) groups excluding carboxylic acids is 2. The molecule has 1 aliphatic rings. The smallest absolute Gasteiger partial charge is 0.251 e. The Kier molecular flexibility index (Phi) is 8.31. The lowest BCUT2D eigenvalue weighted by Crippen LogP contribution is -2.33. The number of benzene rings is 2. The zero-order valence-corrected chi connectivity index (χ0v) is 18.9. The predicted octanol–water partition coefficient (Wildman–Crippen LogP) is 3.85. The molecule has 1 saturated carbocycles. The van der Waals surface area contributed by atoms with E-state index in [1.165, 1.54) is 12.5 Å². The average molecular weight is 436 g/mol. The van der Waals surface area contributed by atoms with E-state index in [4.69, 9.17) is 4.74 Å². The quantitative estimate of drug-likeness (QED) is 0.496. The molecule has 2 amide bonds. The van der Waals surface area contributed by atoms with Crippen molar-refractivity contribution >= 4 is 17.5 Å². The summed E-state index contributed by atoms with van der Waals surface area (Å²) in [5.74, 6) is 1.09. The Hall–Kier alpha value is -3.28. The molecule has 0 radical (unpaired) electrons. The summed E-state index contributed by atoms with van der Waals surface area (Å²) < 4.78 is 5.59. The van der Waals surface area contributed by atoms with Crippen molar-refractivity contribution in [3.05, 3.63) is 71.8 Å². The first-order chi connectivity index (χ1) is 15.5. The summed E-state index contributed by atoms with van der Waals surface area (Å²) in [7, 11) is 0. The molecule has 32 heavy (non-hydrogen) atoms. The molecular weight excluding hydrogens is 402 g/mol. The Labute approximate surface area is 190 Å². The van der Waals surface area contributed by atoms with Gasteiger partial charge in [0.2, 0.25) is 5.91 Å². The van der Waals surface area contributed by atoms with E-state index >= 15 is 0 Å². The first-order valence-corrected chi connectivity index (χ1v) is 11.3. The van der Waals surface area contributed by atoms with Gasteiger partial charge in [-0.05, 0) is 61.9 Å². The lowest BCUT2D eigenvalue weighted by atomic mass is 9.96. The summed E-state index contributed by atoms with van der Waals surface area (Å²) >= 11 is 0. The van der Waals surface area contributed by atoms with Crippen LogP contribution in [0.5, 0.6) is 5.75 Å². The second-order valence-electron chi connectivity index (χ2n) is 8.15. The van der Waals surface area contributed by atoms with Crippen LogP contribution in [0.15, 0.2) is 55.1 Å². The molecular formula is C26H33N3O3. The molecule has 1 fully saturated rings. The minimum Gasteiger partial charge on any atom is -0.494 e. The standard InChI is InChI=1S/C26H33N3O3/c1-4-32-25-7-5-6-22(17-25)18(2)29-24-13-12-23(16-24)20-8-10-21(11-9-20)26(31)28-15-14-27-19(3)30/h5-11,17,23-24,29H,2,4,12-16H2,1,3H3,(H,27,30)(H,28,31)/t23-,24+/m1/s1. The van der Waals surface area contributed by atoms with E-state index in [9.17, 15) is 9.59 Å². The molecule has 6 heteroatoms. The maximum Gasteiger partial charge on any atom is 0.251 e. The molecule has 6 nitrogen and oxygen atoms in total. The number of rotatable bonds is 10. The second kappa shape index (κ2) is 11.4. The average Bonchev–Trinajstić information content (AvgIpc) is 3.25. The summed E-state index contributed by atoms with van der Waals surface area (Å²) in [5.41, 5.74) is 3.86. The van der Waals surface area contributed by atoms with Gasteiger partial charge in [0.1, 0.15) is 5.75 Å². The fourth-order valence-electron chi connectivity index (χ4n) is 4.11. The molecule has 0 aromatic heterocycles. The molecule has 170 valence electrons. The Morgan fingerprint density at radius 2 is 1.78 bits per heavy atom. The van der Waals surface area contributed by atoms with Crippen molar-refractivity contribution in [1.82, 2.24) is 16.0 Å². The number of carbonyl (C=O) groups is 2.